The molecule has 0 aliphatic heterocycles. The number of rotatable bonds is 6. The maximum absolute atomic E-state index is 13.8. The number of ketones is 1. The number of Topliss-reactive ketones (excluding diaryl/α,β-unsaturated/α-hetero) is 1. The summed E-state index contributed by atoms with van der Waals surface area (Å²) in [4.78, 5) is 10.8. The second-order valence-corrected chi connectivity index (χ2v) is 7.25. The van der Waals surface area contributed by atoms with E-state index < -0.39 is 26.3 Å². The molecule has 1 N–H and O–H groups in total. The van der Waals surface area contributed by atoms with Crippen LogP contribution in [0.2, 0.25) is 0 Å². The van der Waals surface area contributed by atoms with E-state index in [1.54, 1.807) is 0 Å². The molecule has 4 nitrogen and oxygen atoms in total. The molecule has 112 valence electrons. The van der Waals surface area contributed by atoms with Crippen molar-refractivity contribution in [3.05, 3.63) is 29.3 Å². The first-order valence-electron chi connectivity index (χ1n) is 5.66. The topological polar surface area (TPSA) is 63.2 Å². The molecular formula is C12H14ClF2NO3S. The molecule has 0 aliphatic carbocycles. The molecule has 0 amide bonds. The maximum Gasteiger partial charge on any atom is 0.288 e. The third-order valence-corrected chi connectivity index (χ3v) is 3.55. The molecule has 0 heterocycles. The van der Waals surface area contributed by atoms with E-state index in [9.17, 15) is 22.0 Å². The number of hydrogen-bond acceptors (Lipinski definition) is 4. The van der Waals surface area contributed by atoms with Gasteiger partial charge in [0.05, 0.1) is 6.54 Å². The second-order valence-electron chi connectivity index (χ2n) is 4.47. The summed E-state index contributed by atoms with van der Waals surface area (Å²) in [7, 11) is 0.562. The Morgan fingerprint density at radius 3 is 2.45 bits per heavy atom. The van der Waals surface area contributed by atoms with E-state index in [2.05, 4.69) is 5.32 Å². The highest BCUT2D eigenvalue weighted by Crippen LogP contribution is 2.34. The lowest BCUT2D eigenvalue weighted by molar-refractivity contribution is -0.115. The number of anilines is 1. The number of hydrogen-bond donors (Lipinski definition) is 1. The van der Waals surface area contributed by atoms with Crippen molar-refractivity contribution in [2.24, 2.45) is 0 Å². The van der Waals surface area contributed by atoms with E-state index in [4.69, 9.17) is 10.7 Å². The summed E-state index contributed by atoms with van der Waals surface area (Å²) in [6, 6.07) is 3.91. The Hall–Kier alpha value is -1.21. The number of carbonyl (C=O) groups is 1. The summed E-state index contributed by atoms with van der Waals surface area (Å²) in [6.07, 6.45) is 0. The van der Waals surface area contributed by atoms with Gasteiger partial charge in [0.2, 0.25) is 9.05 Å². The molecule has 0 unspecified atom stereocenters. The van der Waals surface area contributed by atoms with Crippen LogP contribution in [-0.2, 0) is 19.8 Å². The van der Waals surface area contributed by atoms with Gasteiger partial charge < -0.3 is 5.32 Å². The molecule has 0 bridgehead atoms. The van der Waals surface area contributed by atoms with Crippen LogP contribution in [-0.4, -0.2) is 26.5 Å². The molecule has 0 saturated carbocycles. The van der Waals surface area contributed by atoms with Gasteiger partial charge in [-0.05, 0) is 31.5 Å². The zero-order valence-corrected chi connectivity index (χ0v) is 12.5. The average molecular weight is 326 g/mol. The van der Waals surface area contributed by atoms with Gasteiger partial charge in [-0.15, -0.1) is 0 Å². The number of nitrogens with one attached hydrogen (secondary N) is 1. The molecule has 0 fully saturated rings. The number of carbonyl (C=O) groups excluding carboxylic acids is 1. The minimum Gasteiger partial charge on any atom is -0.378 e. The zero-order chi connectivity index (χ0) is 15.6. The molecule has 0 saturated heterocycles. The maximum atomic E-state index is 13.8. The summed E-state index contributed by atoms with van der Waals surface area (Å²) in [6.45, 7) is 2.92. The second kappa shape index (κ2) is 6.05. The van der Waals surface area contributed by atoms with Gasteiger partial charge in [-0.1, -0.05) is 6.07 Å². The predicted molar refractivity (Wildman–Crippen MR) is 73.9 cm³/mol. The van der Waals surface area contributed by atoms with Crippen LogP contribution >= 0.6 is 10.7 Å². The number of alkyl halides is 2. The minimum atomic E-state index is -4.32. The van der Waals surface area contributed by atoms with Crippen LogP contribution in [0.1, 0.15) is 18.1 Å². The molecule has 0 spiro atoms. The SMILES string of the molecule is CC(=O)CNc1ccc(C(F)(F)CS(=O)(=O)Cl)c(C)c1. The lowest BCUT2D eigenvalue weighted by Crippen LogP contribution is -2.24. The highest BCUT2D eigenvalue weighted by molar-refractivity contribution is 8.13. The van der Waals surface area contributed by atoms with E-state index in [0.717, 1.165) is 6.07 Å². The largest absolute Gasteiger partial charge is 0.378 e. The van der Waals surface area contributed by atoms with E-state index in [1.807, 2.05) is 0 Å². The van der Waals surface area contributed by atoms with E-state index >= 15 is 0 Å². The van der Waals surface area contributed by atoms with Crippen LogP contribution < -0.4 is 5.32 Å². The Morgan fingerprint density at radius 1 is 1.40 bits per heavy atom. The highest BCUT2D eigenvalue weighted by atomic mass is 35.7. The Bertz CT molecular complexity index is 617. The summed E-state index contributed by atoms with van der Waals surface area (Å²) < 4.78 is 49.3. The van der Waals surface area contributed by atoms with Crippen molar-refractivity contribution >= 4 is 31.2 Å². The van der Waals surface area contributed by atoms with E-state index in [1.165, 1.54) is 26.0 Å². The van der Waals surface area contributed by atoms with Gasteiger partial charge in [-0.2, -0.15) is 0 Å². The van der Waals surface area contributed by atoms with Crippen molar-refractivity contribution < 1.29 is 22.0 Å². The van der Waals surface area contributed by atoms with Crippen LogP contribution in [0.25, 0.3) is 0 Å². The monoisotopic (exact) mass is 325 g/mol. The van der Waals surface area contributed by atoms with Gasteiger partial charge >= 0.3 is 0 Å². The number of halogens is 3. The number of aryl methyl sites for hydroxylation is 1. The third-order valence-electron chi connectivity index (χ3n) is 2.52. The molecule has 1 aromatic carbocycles. The van der Waals surface area contributed by atoms with Crippen molar-refractivity contribution in [2.45, 2.75) is 19.8 Å². The molecule has 1 rings (SSSR count). The van der Waals surface area contributed by atoms with Gasteiger partial charge in [0.15, 0.2) is 0 Å². The van der Waals surface area contributed by atoms with Crippen molar-refractivity contribution in [1.29, 1.82) is 0 Å². The summed E-state index contributed by atoms with van der Waals surface area (Å²) >= 11 is 0. The fourth-order valence-corrected chi connectivity index (χ4v) is 2.70. The Kier molecular flexibility index (Phi) is 5.10. The lowest BCUT2D eigenvalue weighted by Gasteiger charge is -2.18. The standard InChI is InChI=1S/C12H14ClF2NO3S/c1-8-5-10(16-6-9(2)17)3-4-11(8)12(14,15)7-20(13,18)19/h3-5,16H,6-7H2,1-2H3. The fraction of sp³-hybridized carbons (Fsp3) is 0.417. The van der Waals surface area contributed by atoms with Crippen LogP contribution in [0.4, 0.5) is 14.5 Å². The van der Waals surface area contributed by atoms with E-state index in [0.29, 0.717) is 5.69 Å². The van der Waals surface area contributed by atoms with Gasteiger partial charge in [0.1, 0.15) is 11.5 Å². The van der Waals surface area contributed by atoms with Crippen LogP contribution in [0.15, 0.2) is 18.2 Å². The average Bonchev–Trinajstić information content (AvgIpc) is 2.22. The van der Waals surface area contributed by atoms with Crippen molar-refractivity contribution in [3.63, 3.8) is 0 Å². The Morgan fingerprint density at radius 2 is 2.00 bits per heavy atom. The molecule has 0 atom stereocenters. The van der Waals surface area contributed by atoms with Crippen LogP contribution in [0.3, 0.4) is 0 Å². The summed E-state index contributed by atoms with van der Waals surface area (Å²) in [5.74, 6) is -5.11. The molecule has 0 aliphatic rings. The summed E-state index contributed by atoms with van der Waals surface area (Å²) in [5.41, 5.74) is 0.310. The summed E-state index contributed by atoms with van der Waals surface area (Å²) in [5, 5.41) is 2.77. The van der Waals surface area contributed by atoms with Crippen molar-refractivity contribution in [3.8, 4) is 0 Å². The van der Waals surface area contributed by atoms with Gasteiger partial charge in [0, 0.05) is 21.9 Å². The van der Waals surface area contributed by atoms with Gasteiger partial charge in [-0.3, -0.25) is 4.79 Å². The normalized spacial score (nSPS) is 12.2. The Balaban J connectivity index is 3.00. The first kappa shape index (κ1) is 16.8. The van der Waals surface area contributed by atoms with Gasteiger partial charge in [0.25, 0.3) is 5.92 Å². The molecule has 8 heteroatoms. The van der Waals surface area contributed by atoms with Gasteiger partial charge in [-0.25, -0.2) is 17.2 Å². The molecule has 1 aromatic rings. The van der Waals surface area contributed by atoms with Crippen LogP contribution in [0.5, 0.6) is 0 Å². The molecule has 0 radical (unpaired) electrons. The predicted octanol–water partition coefficient (Wildman–Crippen LogP) is 2.66. The lowest BCUT2D eigenvalue weighted by atomic mass is 10.0. The Labute approximate surface area is 120 Å². The quantitative estimate of drug-likeness (QED) is 0.817. The highest BCUT2D eigenvalue weighted by Gasteiger charge is 2.38. The van der Waals surface area contributed by atoms with Crippen molar-refractivity contribution in [2.75, 3.05) is 17.6 Å². The minimum absolute atomic E-state index is 0.0885. The smallest absolute Gasteiger partial charge is 0.288 e. The molecular weight excluding hydrogens is 312 g/mol. The zero-order valence-electron chi connectivity index (χ0n) is 10.9. The van der Waals surface area contributed by atoms with Crippen LogP contribution in [0, 0.1) is 6.92 Å². The molecule has 20 heavy (non-hydrogen) atoms. The van der Waals surface area contributed by atoms with Crippen molar-refractivity contribution in [1.82, 2.24) is 0 Å². The number of benzene rings is 1. The molecule has 0 aromatic heterocycles. The third kappa shape index (κ3) is 5.05. The first-order chi connectivity index (χ1) is 9.01. The fourth-order valence-electron chi connectivity index (χ4n) is 1.70. The first-order valence-corrected chi connectivity index (χ1v) is 8.14. The van der Waals surface area contributed by atoms with E-state index in [-0.39, 0.29) is 17.9 Å².